The average molecular weight is 653 g/mol. The lowest BCUT2D eigenvalue weighted by molar-refractivity contribution is -0.134. The van der Waals surface area contributed by atoms with Crippen LogP contribution in [0.5, 0.6) is 11.6 Å². The van der Waals surface area contributed by atoms with Gasteiger partial charge >= 0.3 is 11.9 Å². The molecule has 0 spiro atoms. The van der Waals surface area contributed by atoms with E-state index in [2.05, 4.69) is 4.90 Å². The van der Waals surface area contributed by atoms with Crippen molar-refractivity contribution in [1.82, 2.24) is 9.47 Å². The highest BCUT2D eigenvalue weighted by atomic mass is 32.1. The van der Waals surface area contributed by atoms with E-state index in [0.717, 1.165) is 42.9 Å². The van der Waals surface area contributed by atoms with Crippen molar-refractivity contribution < 1.29 is 38.1 Å². The van der Waals surface area contributed by atoms with Crippen molar-refractivity contribution in [2.45, 2.75) is 19.4 Å². The van der Waals surface area contributed by atoms with Crippen molar-refractivity contribution >= 4 is 41.1 Å². The van der Waals surface area contributed by atoms with E-state index in [0.29, 0.717) is 39.6 Å². The van der Waals surface area contributed by atoms with Crippen LogP contribution in [0.3, 0.4) is 0 Å². The summed E-state index contributed by atoms with van der Waals surface area (Å²) in [5.41, 5.74) is 2.73. The minimum atomic E-state index is -1.09. The maximum absolute atomic E-state index is 14.0. The van der Waals surface area contributed by atoms with Crippen molar-refractivity contribution in [3.63, 3.8) is 0 Å². The summed E-state index contributed by atoms with van der Waals surface area (Å²) in [5.74, 6) is -3.42. The molecule has 0 aliphatic carbocycles. The van der Waals surface area contributed by atoms with Gasteiger partial charge in [-0.2, -0.15) is 0 Å². The second-order valence-corrected chi connectivity index (χ2v) is 11.9. The summed E-state index contributed by atoms with van der Waals surface area (Å²) >= 11 is 6.79. The number of carbonyl (C=O) groups excluding carboxylic acids is 1. The zero-order chi connectivity index (χ0) is 31.9. The number of halogens is 2. The van der Waals surface area contributed by atoms with Crippen LogP contribution in [0, 0.1) is 15.6 Å². The third-order valence-corrected chi connectivity index (χ3v) is 8.78. The van der Waals surface area contributed by atoms with Gasteiger partial charge in [0.25, 0.3) is 0 Å². The molecule has 1 aromatic heterocycles. The van der Waals surface area contributed by atoms with Crippen LogP contribution >= 0.6 is 23.6 Å². The smallest absolute Gasteiger partial charge is 0.335 e. The molecule has 0 amide bonds. The van der Waals surface area contributed by atoms with E-state index in [1.54, 1.807) is 6.07 Å². The molecule has 5 rings (SSSR count). The number of morpholine rings is 1. The lowest BCUT2D eigenvalue weighted by Crippen LogP contribution is -2.36. The Morgan fingerprint density at radius 2 is 1.69 bits per heavy atom. The third kappa shape index (κ3) is 8.08. The average Bonchev–Trinajstić information content (AvgIpc) is 3.32. The topological polar surface area (TPSA) is 101 Å². The summed E-state index contributed by atoms with van der Waals surface area (Å²) in [6.45, 7) is 3.84. The molecular formula is C33H30F2N2O6S2. The molecule has 1 fully saturated rings. The fraction of sp³-hybridized carbons (Fsp3) is 0.242. The molecule has 0 radical (unpaired) electrons. The molecule has 0 bridgehead atoms. The van der Waals surface area contributed by atoms with E-state index in [4.69, 9.17) is 26.8 Å². The summed E-state index contributed by atoms with van der Waals surface area (Å²) in [5, 5.41) is 20.4. The fourth-order valence-electron chi connectivity index (χ4n) is 4.92. The minimum Gasteiger partial charge on any atom is -0.493 e. The Balaban J connectivity index is 1.39. The van der Waals surface area contributed by atoms with Crippen molar-refractivity contribution in [3.8, 4) is 22.8 Å². The van der Waals surface area contributed by atoms with Crippen LogP contribution in [-0.2, 0) is 16.1 Å². The Morgan fingerprint density at radius 1 is 0.956 bits per heavy atom. The van der Waals surface area contributed by atoms with Gasteiger partial charge in [-0.05, 0) is 77.8 Å². The first kappa shape index (κ1) is 32.2. The summed E-state index contributed by atoms with van der Waals surface area (Å²) < 4.78 is 40.2. The minimum absolute atomic E-state index is 0.0587. The van der Waals surface area contributed by atoms with Gasteiger partial charge in [-0.3, -0.25) is 14.3 Å². The van der Waals surface area contributed by atoms with Crippen LogP contribution in [0.25, 0.3) is 16.7 Å². The SMILES string of the molecule is O=C(CCn1c(O)c(C(=CCCN2CCOCC2)c2cccc(-c3ccc(F)c(F)c3)c2)sc1=S)Oc1ccc(C(=O)O)cc1. The highest BCUT2D eigenvalue weighted by molar-refractivity contribution is 7.73. The molecule has 3 aromatic carbocycles. The molecular weight excluding hydrogens is 623 g/mol. The number of carboxylic acid groups (broad SMARTS) is 1. The van der Waals surface area contributed by atoms with Gasteiger partial charge in [-0.25, -0.2) is 13.6 Å². The van der Waals surface area contributed by atoms with Gasteiger partial charge in [-0.1, -0.05) is 30.3 Å². The summed E-state index contributed by atoms with van der Waals surface area (Å²) in [4.78, 5) is 26.4. The number of benzene rings is 3. The first-order chi connectivity index (χ1) is 21.7. The summed E-state index contributed by atoms with van der Waals surface area (Å²) in [7, 11) is 0. The number of hydrogen-bond donors (Lipinski definition) is 2. The Kier molecular flexibility index (Phi) is 10.5. The molecule has 12 heteroatoms. The number of esters is 1. The number of rotatable bonds is 11. The monoisotopic (exact) mass is 652 g/mol. The summed E-state index contributed by atoms with van der Waals surface area (Å²) in [6.07, 6.45) is 2.60. The van der Waals surface area contributed by atoms with Crippen LogP contribution in [0.4, 0.5) is 8.78 Å². The number of aromatic nitrogens is 1. The largest absolute Gasteiger partial charge is 0.493 e. The van der Waals surface area contributed by atoms with Gasteiger partial charge in [0.1, 0.15) is 5.75 Å². The van der Waals surface area contributed by atoms with Gasteiger partial charge in [-0.15, -0.1) is 11.3 Å². The number of thiazole rings is 1. The van der Waals surface area contributed by atoms with Gasteiger partial charge in [0.05, 0.1) is 30.1 Å². The molecule has 1 aliphatic rings. The van der Waals surface area contributed by atoms with Gasteiger partial charge in [0, 0.05) is 31.8 Å². The maximum Gasteiger partial charge on any atom is 0.335 e. The van der Waals surface area contributed by atoms with E-state index in [1.807, 2.05) is 24.3 Å². The molecule has 0 unspecified atom stereocenters. The number of aromatic hydroxyl groups is 1. The van der Waals surface area contributed by atoms with Crippen LogP contribution in [-0.4, -0.2) is 64.5 Å². The molecule has 0 saturated carbocycles. The molecule has 4 aromatic rings. The molecule has 1 saturated heterocycles. The second-order valence-electron chi connectivity index (χ2n) is 10.3. The maximum atomic E-state index is 14.0. The van der Waals surface area contributed by atoms with Gasteiger partial charge in [0.2, 0.25) is 5.88 Å². The standard InChI is InChI=1S/C33H30F2N2O6S2/c34-27-11-8-23(20-28(27)35)22-3-1-4-24(19-22)26(5-2-13-36-15-17-42-18-16-36)30-31(39)37(33(44)45-30)14-12-29(38)43-25-9-6-21(7-10-25)32(40)41/h1,3-11,19-20,39H,2,12-18H2,(H,40,41). The van der Waals surface area contributed by atoms with Crippen molar-refractivity contribution in [2.24, 2.45) is 0 Å². The number of hydrogen-bond acceptors (Lipinski definition) is 8. The number of aromatic carboxylic acids is 1. The quantitative estimate of drug-likeness (QED) is 0.104. The van der Waals surface area contributed by atoms with Crippen LogP contribution in [0.2, 0.25) is 0 Å². The Hall–Kier alpha value is -4.23. The van der Waals surface area contributed by atoms with E-state index in [1.165, 1.54) is 46.2 Å². The predicted molar refractivity (Wildman–Crippen MR) is 169 cm³/mol. The molecule has 1 aliphatic heterocycles. The molecule has 234 valence electrons. The zero-order valence-electron chi connectivity index (χ0n) is 24.1. The Morgan fingerprint density at radius 3 is 2.40 bits per heavy atom. The number of carboxylic acids is 1. The number of ether oxygens (including phenoxy) is 2. The van der Waals surface area contributed by atoms with E-state index < -0.39 is 23.6 Å². The first-order valence-corrected chi connectivity index (χ1v) is 15.4. The lowest BCUT2D eigenvalue weighted by Gasteiger charge is -2.26. The third-order valence-electron chi connectivity index (χ3n) is 7.31. The number of carbonyl (C=O) groups is 2. The Bertz CT molecular complexity index is 1780. The number of nitrogens with zero attached hydrogens (tertiary/aromatic N) is 2. The van der Waals surface area contributed by atoms with E-state index >= 15 is 0 Å². The van der Waals surface area contributed by atoms with Crippen LogP contribution in [0.15, 0.2) is 72.8 Å². The second kappa shape index (κ2) is 14.7. The fourth-order valence-corrected chi connectivity index (χ4v) is 6.32. The van der Waals surface area contributed by atoms with Gasteiger partial charge < -0.3 is 19.7 Å². The highest BCUT2D eigenvalue weighted by Crippen LogP contribution is 2.38. The van der Waals surface area contributed by atoms with Crippen LogP contribution in [0.1, 0.15) is 33.6 Å². The van der Waals surface area contributed by atoms with E-state index in [-0.39, 0.29) is 30.2 Å². The Labute approximate surface area is 267 Å². The van der Waals surface area contributed by atoms with Crippen molar-refractivity contribution in [1.29, 1.82) is 0 Å². The summed E-state index contributed by atoms with van der Waals surface area (Å²) in [6, 6.07) is 16.6. The molecule has 45 heavy (non-hydrogen) atoms. The molecule has 8 nitrogen and oxygen atoms in total. The molecule has 2 heterocycles. The highest BCUT2D eigenvalue weighted by Gasteiger charge is 2.20. The first-order valence-electron chi connectivity index (χ1n) is 14.2. The predicted octanol–water partition coefficient (Wildman–Crippen LogP) is 6.78. The normalized spacial score (nSPS) is 14.0. The van der Waals surface area contributed by atoms with Gasteiger partial charge in [0.15, 0.2) is 15.6 Å². The lowest BCUT2D eigenvalue weighted by atomic mass is 9.97. The van der Waals surface area contributed by atoms with Crippen molar-refractivity contribution in [3.05, 3.63) is 104 Å². The molecule has 2 N–H and O–H groups in total. The van der Waals surface area contributed by atoms with Crippen LogP contribution < -0.4 is 4.74 Å². The zero-order valence-corrected chi connectivity index (χ0v) is 25.7. The van der Waals surface area contributed by atoms with Crippen molar-refractivity contribution in [2.75, 3.05) is 32.8 Å². The van der Waals surface area contributed by atoms with E-state index in [9.17, 15) is 23.5 Å². The molecule has 0 atom stereocenters.